The van der Waals surface area contributed by atoms with Gasteiger partial charge in [-0.05, 0) is 68.6 Å². The van der Waals surface area contributed by atoms with E-state index in [9.17, 15) is 4.79 Å². The van der Waals surface area contributed by atoms with Crippen LogP contribution in [0.5, 0.6) is 0 Å². The van der Waals surface area contributed by atoms with Gasteiger partial charge in [0.2, 0.25) is 5.95 Å². The third-order valence-corrected chi connectivity index (χ3v) is 6.41. The van der Waals surface area contributed by atoms with Crippen LogP contribution in [0.4, 0.5) is 11.6 Å². The third kappa shape index (κ3) is 4.46. The zero-order valence-corrected chi connectivity index (χ0v) is 21.1. The summed E-state index contributed by atoms with van der Waals surface area (Å²) in [5.74, 6) is 1.11. The van der Waals surface area contributed by atoms with Gasteiger partial charge >= 0.3 is 0 Å². The number of fused-ring (bicyclic) bond motifs is 2. The van der Waals surface area contributed by atoms with E-state index in [0.29, 0.717) is 22.8 Å². The largest absolute Gasteiger partial charge is 0.324 e. The van der Waals surface area contributed by atoms with Crippen molar-refractivity contribution in [3.05, 3.63) is 69.8 Å². The predicted molar refractivity (Wildman–Crippen MR) is 140 cm³/mol. The van der Waals surface area contributed by atoms with Gasteiger partial charge in [0, 0.05) is 35.6 Å². The summed E-state index contributed by atoms with van der Waals surface area (Å²) in [7, 11) is 0. The van der Waals surface area contributed by atoms with Crippen molar-refractivity contribution in [1.82, 2.24) is 29.6 Å². The second-order valence-corrected chi connectivity index (χ2v) is 10.5. The molecule has 0 spiro atoms. The van der Waals surface area contributed by atoms with Crippen molar-refractivity contribution in [2.75, 3.05) is 11.9 Å². The van der Waals surface area contributed by atoms with E-state index in [0.717, 1.165) is 37.3 Å². The molecule has 4 aromatic rings. The van der Waals surface area contributed by atoms with Crippen LogP contribution < -0.4 is 16.2 Å². The van der Waals surface area contributed by atoms with Crippen LogP contribution in [0.15, 0.2) is 47.4 Å². The number of nitrogens with zero attached hydrogens (tertiary/aromatic N) is 5. The smallest absolute Gasteiger partial charge is 0.278 e. The van der Waals surface area contributed by atoms with Gasteiger partial charge in [-0.25, -0.2) is 19.3 Å². The molecule has 4 heterocycles. The number of benzene rings is 1. The maximum Gasteiger partial charge on any atom is 0.278 e. The van der Waals surface area contributed by atoms with E-state index in [1.807, 2.05) is 36.7 Å². The van der Waals surface area contributed by atoms with Gasteiger partial charge in [-0.1, -0.05) is 32.9 Å². The molecule has 0 saturated heterocycles. The minimum atomic E-state index is -0.124. The molecule has 0 saturated carbocycles. The van der Waals surface area contributed by atoms with Crippen molar-refractivity contribution in [3.63, 3.8) is 0 Å². The van der Waals surface area contributed by atoms with Gasteiger partial charge in [0.1, 0.15) is 5.39 Å². The van der Waals surface area contributed by atoms with Gasteiger partial charge in [-0.15, -0.1) is 0 Å². The van der Waals surface area contributed by atoms with Crippen LogP contribution >= 0.6 is 0 Å². The molecular weight excluding hydrogens is 438 g/mol. The lowest BCUT2D eigenvalue weighted by Crippen LogP contribution is -2.25. The van der Waals surface area contributed by atoms with Gasteiger partial charge in [0.15, 0.2) is 11.5 Å². The van der Waals surface area contributed by atoms with Gasteiger partial charge in [0.25, 0.3) is 5.56 Å². The van der Waals surface area contributed by atoms with E-state index in [4.69, 9.17) is 9.97 Å². The van der Waals surface area contributed by atoms with Crippen LogP contribution in [-0.4, -0.2) is 30.9 Å². The van der Waals surface area contributed by atoms with Crippen molar-refractivity contribution in [2.24, 2.45) is 0 Å². The zero-order chi connectivity index (χ0) is 24.7. The highest BCUT2D eigenvalue weighted by Gasteiger charge is 2.22. The fourth-order valence-corrected chi connectivity index (χ4v) is 4.57. The Morgan fingerprint density at radius 2 is 1.91 bits per heavy atom. The number of hydrogen-bond donors (Lipinski definition) is 2. The Labute approximate surface area is 205 Å². The molecule has 0 aliphatic carbocycles. The molecule has 1 aromatic carbocycles. The van der Waals surface area contributed by atoms with Crippen molar-refractivity contribution < 1.29 is 0 Å². The standard InChI is InChI=1S/C27H33N7O/c1-17(2)33-25(35)21-16-29-26(30-20-12-11-18-8-7-13-28-15-19(18)14-20)32-24(21)34(33)23-10-6-9-22(31-23)27(3,4)5/h6,9-12,14,16-17,28H,7-8,13,15H2,1-5H3,(H,29,30,32). The average Bonchev–Trinajstić information content (AvgIpc) is 2.95. The van der Waals surface area contributed by atoms with E-state index in [-0.39, 0.29) is 17.0 Å². The molecule has 8 heteroatoms. The molecule has 0 unspecified atom stereocenters. The van der Waals surface area contributed by atoms with Crippen LogP contribution in [0.2, 0.25) is 0 Å². The van der Waals surface area contributed by atoms with E-state index in [1.54, 1.807) is 10.9 Å². The lowest BCUT2D eigenvalue weighted by atomic mass is 9.92. The number of aromatic nitrogens is 5. The molecular formula is C27H33N7O. The van der Waals surface area contributed by atoms with E-state index in [2.05, 4.69) is 54.6 Å². The summed E-state index contributed by atoms with van der Waals surface area (Å²) in [4.78, 5) is 27.5. The minimum Gasteiger partial charge on any atom is -0.324 e. The number of anilines is 2. The van der Waals surface area contributed by atoms with Crippen molar-refractivity contribution in [3.8, 4) is 5.82 Å². The van der Waals surface area contributed by atoms with E-state index >= 15 is 0 Å². The first-order valence-corrected chi connectivity index (χ1v) is 12.3. The topological polar surface area (TPSA) is 89.7 Å². The first kappa shape index (κ1) is 23.2. The van der Waals surface area contributed by atoms with Crippen LogP contribution in [0.3, 0.4) is 0 Å². The SMILES string of the molecule is CC(C)n1c(=O)c2cnc(Nc3ccc4c(c3)CNCCC4)nc2n1-c1cccc(C(C)(C)C)n1. The molecule has 1 aliphatic rings. The molecule has 35 heavy (non-hydrogen) atoms. The number of nitrogens with one attached hydrogen (secondary N) is 2. The van der Waals surface area contributed by atoms with Crippen LogP contribution in [0.1, 0.15) is 63.9 Å². The second-order valence-electron chi connectivity index (χ2n) is 10.5. The Morgan fingerprint density at radius 1 is 1.09 bits per heavy atom. The zero-order valence-electron chi connectivity index (χ0n) is 21.1. The van der Waals surface area contributed by atoms with Gasteiger partial charge in [0.05, 0.1) is 0 Å². The Balaban J connectivity index is 1.61. The average molecular weight is 472 g/mol. The summed E-state index contributed by atoms with van der Waals surface area (Å²) in [6.07, 6.45) is 3.84. The molecule has 8 nitrogen and oxygen atoms in total. The molecule has 182 valence electrons. The van der Waals surface area contributed by atoms with Gasteiger partial charge in [-0.3, -0.25) is 4.79 Å². The predicted octanol–water partition coefficient (Wildman–Crippen LogP) is 4.64. The van der Waals surface area contributed by atoms with Crippen molar-refractivity contribution >= 4 is 22.7 Å². The van der Waals surface area contributed by atoms with Crippen LogP contribution in [-0.2, 0) is 18.4 Å². The Bertz CT molecular complexity index is 1440. The molecule has 0 atom stereocenters. The normalized spacial score (nSPS) is 14.2. The summed E-state index contributed by atoms with van der Waals surface area (Å²) in [6, 6.07) is 12.2. The molecule has 0 radical (unpaired) electrons. The summed E-state index contributed by atoms with van der Waals surface area (Å²) >= 11 is 0. The number of hydrogen-bond acceptors (Lipinski definition) is 6. The second kappa shape index (κ2) is 8.92. The van der Waals surface area contributed by atoms with E-state index < -0.39 is 0 Å². The Kier molecular flexibility index (Phi) is 5.92. The van der Waals surface area contributed by atoms with Gasteiger partial charge < -0.3 is 10.6 Å². The van der Waals surface area contributed by atoms with E-state index in [1.165, 1.54) is 11.1 Å². The Hall–Kier alpha value is -3.52. The molecule has 3 aromatic heterocycles. The third-order valence-electron chi connectivity index (χ3n) is 6.41. The summed E-state index contributed by atoms with van der Waals surface area (Å²) in [5, 5.41) is 7.29. The summed E-state index contributed by atoms with van der Waals surface area (Å²) in [6.45, 7) is 12.2. The first-order chi connectivity index (χ1) is 16.7. The van der Waals surface area contributed by atoms with Gasteiger partial charge in [-0.2, -0.15) is 4.98 Å². The van der Waals surface area contributed by atoms with Crippen LogP contribution in [0.25, 0.3) is 16.9 Å². The number of pyridine rings is 1. The highest BCUT2D eigenvalue weighted by atomic mass is 16.1. The molecule has 2 N–H and O–H groups in total. The molecule has 0 amide bonds. The molecule has 1 aliphatic heterocycles. The highest BCUT2D eigenvalue weighted by molar-refractivity contribution is 5.77. The first-order valence-electron chi connectivity index (χ1n) is 12.3. The Morgan fingerprint density at radius 3 is 2.69 bits per heavy atom. The number of rotatable bonds is 4. The molecule has 0 fully saturated rings. The fourth-order valence-electron chi connectivity index (χ4n) is 4.57. The maximum atomic E-state index is 13.3. The quantitative estimate of drug-likeness (QED) is 0.451. The lowest BCUT2D eigenvalue weighted by molar-refractivity contribution is 0.469. The van der Waals surface area contributed by atoms with Crippen molar-refractivity contribution in [1.29, 1.82) is 0 Å². The summed E-state index contributed by atoms with van der Waals surface area (Å²) < 4.78 is 3.53. The monoisotopic (exact) mass is 471 g/mol. The summed E-state index contributed by atoms with van der Waals surface area (Å²) in [5.41, 5.74) is 4.84. The number of aryl methyl sites for hydroxylation is 1. The fraction of sp³-hybridized carbons (Fsp3) is 0.407. The minimum absolute atomic E-state index is 0.0784. The maximum absolute atomic E-state index is 13.3. The molecule has 0 bridgehead atoms. The molecule has 5 rings (SSSR count). The van der Waals surface area contributed by atoms with Crippen LogP contribution in [0, 0.1) is 0 Å². The van der Waals surface area contributed by atoms with Crippen molar-refractivity contribution in [2.45, 2.75) is 65.5 Å². The lowest BCUT2D eigenvalue weighted by Gasteiger charge is -2.20. The highest BCUT2D eigenvalue weighted by Crippen LogP contribution is 2.25.